The SMILES string of the molecule is CC(CNc1cncc(Nc2cccc3cnccc23)c1)N(C(=O)O)c1c[nH]c2ccccc12. The number of anilines is 4. The normalized spacial score (nSPS) is 11.9. The third-order valence-electron chi connectivity index (χ3n) is 5.77. The van der Waals surface area contributed by atoms with Crippen LogP contribution in [-0.2, 0) is 0 Å². The molecule has 2 aromatic carbocycles. The molecule has 8 nitrogen and oxygen atoms in total. The first-order valence-electron chi connectivity index (χ1n) is 11.0. The van der Waals surface area contributed by atoms with Crippen LogP contribution in [-0.4, -0.2) is 38.7 Å². The molecule has 0 saturated carbocycles. The van der Waals surface area contributed by atoms with E-state index in [1.54, 1.807) is 24.8 Å². The van der Waals surface area contributed by atoms with Gasteiger partial charge >= 0.3 is 6.09 Å². The van der Waals surface area contributed by atoms with Crippen LogP contribution in [0.1, 0.15) is 6.92 Å². The molecule has 5 rings (SSSR count). The summed E-state index contributed by atoms with van der Waals surface area (Å²) in [5.74, 6) is 0. The summed E-state index contributed by atoms with van der Waals surface area (Å²) < 4.78 is 0. The Labute approximate surface area is 196 Å². The Bertz CT molecular complexity index is 1460. The smallest absolute Gasteiger partial charge is 0.412 e. The van der Waals surface area contributed by atoms with Gasteiger partial charge in [-0.25, -0.2) is 4.79 Å². The van der Waals surface area contributed by atoms with Crippen molar-refractivity contribution in [2.24, 2.45) is 0 Å². The molecule has 34 heavy (non-hydrogen) atoms. The zero-order chi connectivity index (χ0) is 23.5. The maximum absolute atomic E-state index is 12.1. The fourth-order valence-electron chi connectivity index (χ4n) is 4.13. The van der Waals surface area contributed by atoms with Gasteiger partial charge < -0.3 is 20.7 Å². The molecule has 0 saturated heterocycles. The van der Waals surface area contributed by atoms with Crippen LogP contribution in [0.3, 0.4) is 0 Å². The molecular weight excluding hydrogens is 428 g/mol. The number of pyridine rings is 2. The molecule has 0 bridgehead atoms. The van der Waals surface area contributed by atoms with Gasteiger partial charge in [-0.1, -0.05) is 30.3 Å². The van der Waals surface area contributed by atoms with Crippen molar-refractivity contribution in [1.29, 1.82) is 0 Å². The molecule has 0 aliphatic heterocycles. The largest absolute Gasteiger partial charge is 0.465 e. The number of carbonyl (C=O) groups is 1. The second kappa shape index (κ2) is 9.11. The van der Waals surface area contributed by atoms with Crippen LogP contribution in [0.2, 0.25) is 0 Å². The van der Waals surface area contributed by atoms with Crippen molar-refractivity contribution in [3.8, 4) is 0 Å². The summed E-state index contributed by atoms with van der Waals surface area (Å²) in [6, 6.07) is 17.3. The summed E-state index contributed by atoms with van der Waals surface area (Å²) in [4.78, 5) is 25.2. The van der Waals surface area contributed by atoms with Crippen molar-refractivity contribution in [3.05, 3.63) is 85.6 Å². The molecule has 1 amide bonds. The molecule has 0 aliphatic rings. The number of H-pyrrole nitrogens is 1. The van der Waals surface area contributed by atoms with Crippen molar-refractivity contribution in [3.63, 3.8) is 0 Å². The Morgan fingerprint density at radius 1 is 1.03 bits per heavy atom. The Kier molecular flexibility index (Phi) is 5.70. The molecule has 1 atom stereocenters. The molecule has 0 aliphatic carbocycles. The van der Waals surface area contributed by atoms with Gasteiger partial charge in [-0.05, 0) is 31.2 Å². The van der Waals surface area contributed by atoms with Gasteiger partial charge in [0.15, 0.2) is 0 Å². The fraction of sp³-hybridized carbons (Fsp3) is 0.115. The van der Waals surface area contributed by atoms with Gasteiger partial charge in [-0.15, -0.1) is 0 Å². The topological polar surface area (TPSA) is 106 Å². The lowest BCUT2D eigenvalue weighted by Gasteiger charge is -2.26. The summed E-state index contributed by atoms with van der Waals surface area (Å²) in [5.41, 5.74) is 4.12. The van der Waals surface area contributed by atoms with E-state index in [0.29, 0.717) is 12.2 Å². The van der Waals surface area contributed by atoms with E-state index >= 15 is 0 Å². The predicted octanol–water partition coefficient (Wildman–Crippen LogP) is 5.84. The molecule has 5 aromatic rings. The average Bonchev–Trinajstić information content (AvgIpc) is 3.27. The molecule has 0 spiro atoms. The number of nitrogens with one attached hydrogen (secondary N) is 3. The zero-order valence-corrected chi connectivity index (χ0v) is 18.6. The second-order valence-corrected chi connectivity index (χ2v) is 8.09. The van der Waals surface area contributed by atoms with Gasteiger partial charge in [0.1, 0.15) is 0 Å². The van der Waals surface area contributed by atoms with Crippen LogP contribution in [0.25, 0.3) is 21.7 Å². The first-order valence-corrected chi connectivity index (χ1v) is 11.0. The number of aromatic nitrogens is 3. The number of fused-ring (bicyclic) bond motifs is 2. The maximum Gasteiger partial charge on any atom is 0.412 e. The van der Waals surface area contributed by atoms with Crippen LogP contribution < -0.4 is 15.5 Å². The van der Waals surface area contributed by atoms with Gasteiger partial charge in [0.25, 0.3) is 0 Å². The zero-order valence-electron chi connectivity index (χ0n) is 18.6. The number of nitrogens with zero attached hydrogens (tertiary/aromatic N) is 3. The number of amides is 1. The highest BCUT2D eigenvalue weighted by molar-refractivity contribution is 6.00. The summed E-state index contributed by atoms with van der Waals surface area (Å²) >= 11 is 0. The number of aromatic amines is 1. The van der Waals surface area contributed by atoms with E-state index in [2.05, 4.69) is 25.6 Å². The fourth-order valence-corrected chi connectivity index (χ4v) is 4.13. The van der Waals surface area contributed by atoms with Gasteiger partial charge in [-0.3, -0.25) is 14.9 Å². The van der Waals surface area contributed by atoms with Crippen LogP contribution in [0.5, 0.6) is 0 Å². The minimum Gasteiger partial charge on any atom is -0.465 e. The third kappa shape index (κ3) is 4.21. The molecule has 1 unspecified atom stereocenters. The highest BCUT2D eigenvalue weighted by atomic mass is 16.4. The Hall–Kier alpha value is -4.59. The summed E-state index contributed by atoms with van der Waals surface area (Å²) in [6.07, 6.45) is 7.82. The van der Waals surface area contributed by atoms with E-state index in [0.717, 1.165) is 38.7 Å². The first-order chi connectivity index (χ1) is 16.6. The van der Waals surface area contributed by atoms with Gasteiger partial charge in [0, 0.05) is 52.5 Å². The number of hydrogen-bond donors (Lipinski definition) is 4. The highest BCUT2D eigenvalue weighted by Gasteiger charge is 2.24. The van der Waals surface area contributed by atoms with E-state index in [9.17, 15) is 9.90 Å². The standard InChI is InChI=1S/C26H24N6O2/c1-17(32(26(33)34)25-16-30-23-7-3-2-6-22(23)25)12-29-19-11-20(15-28-14-19)31-24-8-4-5-18-13-27-10-9-21(18)24/h2-11,13-17,29-31H,12H2,1H3,(H,33,34). The van der Waals surface area contributed by atoms with E-state index in [-0.39, 0.29) is 6.04 Å². The van der Waals surface area contributed by atoms with Crippen LogP contribution >= 0.6 is 0 Å². The van der Waals surface area contributed by atoms with Gasteiger partial charge in [-0.2, -0.15) is 0 Å². The summed E-state index contributed by atoms with van der Waals surface area (Å²) in [5, 5.41) is 19.7. The van der Waals surface area contributed by atoms with Crippen LogP contribution in [0.15, 0.2) is 85.6 Å². The highest BCUT2D eigenvalue weighted by Crippen LogP contribution is 2.29. The minimum absolute atomic E-state index is 0.320. The number of para-hydroxylation sites is 1. The molecule has 4 N–H and O–H groups in total. The number of hydrogen-bond acceptors (Lipinski definition) is 5. The van der Waals surface area contributed by atoms with Gasteiger partial charge in [0.05, 0.1) is 35.5 Å². The first kappa shape index (κ1) is 21.3. The predicted molar refractivity (Wildman–Crippen MR) is 136 cm³/mol. The Morgan fingerprint density at radius 3 is 2.76 bits per heavy atom. The molecule has 0 radical (unpaired) electrons. The Morgan fingerprint density at radius 2 is 1.88 bits per heavy atom. The van der Waals surface area contributed by atoms with E-state index < -0.39 is 6.09 Å². The van der Waals surface area contributed by atoms with Gasteiger partial charge in [0.2, 0.25) is 0 Å². The quantitative estimate of drug-likeness (QED) is 0.247. The summed E-state index contributed by atoms with van der Waals surface area (Å²) in [7, 11) is 0. The number of rotatable bonds is 7. The van der Waals surface area contributed by atoms with E-state index in [4.69, 9.17) is 0 Å². The number of benzene rings is 2. The Balaban J connectivity index is 1.32. The third-order valence-corrected chi connectivity index (χ3v) is 5.77. The minimum atomic E-state index is -1.00. The van der Waals surface area contributed by atoms with Crippen LogP contribution in [0, 0.1) is 0 Å². The monoisotopic (exact) mass is 452 g/mol. The van der Waals surface area contributed by atoms with Crippen molar-refractivity contribution in [2.45, 2.75) is 13.0 Å². The molecular formula is C26H24N6O2. The van der Waals surface area contributed by atoms with Crippen molar-refractivity contribution < 1.29 is 9.90 Å². The van der Waals surface area contributed by atoms with Crippen molar-refractivity contribution >= 4 is 50.5 Å². The lowest BCUT2D eigenvalue weighted by molar-refractivity contribution is 0.200. The lowest BCUT2D eigenvalue weighted by atomic mass is 10.1. The summed E-state index contributed by atoms with van der Waals surface area (Å²) in [6.45, 7) is 2.29. The number of carboxylic acid groups (broad SMARTS) is 1. The van der Waals surface area contributed by atoms with E-state index in [1.165, 1.54) is 4.90 Å². The molecule has 3 aromatic heterocycles. The lowest BCUT2D eigenvalue weighted by Crippen LogP contribution is -2.41. The maximum atomic E-state index is 12.1. The van der Waals surface area contributed by atoms with Crippen LogP contribution in [0.4, 0.5) is 27.5 Å². The molecule has 8 heteroatoms. The molecule has 170 valence electrons. The average molecular weight is 453 g/mol. The second-order valence-electron chi connectivity index (χ2n) is 8.09. The van der Waals surface area contributed by atoms with E-state index in [1.807, 2.05) is 67.7 Å². The molecule has 0 fully saturated rings. The van der Waals surface area contributed by atoms with Crippen molar-refractivity contribution in [2.75, 3.05) is 22.1 Å². The molecule has 3 heterocycles. The van der Waals surface area contributed by atoms with Crippen molar-refractivity contribution in [1.82, 2.24) is 15.0 Å².